The average Bonchev–Trinajstić information content (AvgIpc) is 2.79. The van der Waals surface area contributed by atoms with Gasteiger partial charge < -0.3 is 14.4 Å². The largest absolute Gasteiger partial charge is 0.497 e. The first-order valence-corrected chi connectivity index (χ1v) is 10.2. The van der Waals surface area contributed by atoms with Gasteiger partial charge in [-0.3, -0.25) is 4.79 Å². The number of ether oxygens (including phenoxy) is 2. The number of hydrogen-bond donors (Lipinski definition) is 0. The van der Waals surface area contributed by atoms with Gasteiger partial charge in [0, 0.05) is 12.6 Å². The summed E-state index contributed by atoms with van der Waals surface area (Å²) in [5.74, 6) is 1.75. The molecule has 1 atom stereocenters. The van der Waals surface area contributed by atoms with E-state index in [-0.39, 0.29) is 11.9 Å². The molecule has 3 aromatic carbocycles. The Hall–Kier alpha value is -3.27. The first-order valence-electron chi connectivity index (χ1n) is 10.2. The summed E-state index contributed by atoms with van der Waals surface area (Å²) < 4.78 is 10.7. The van der Waals surface area contributed by atoms with E-state index in [0.717, 1.165) is 34.6 Å². The van der Waals surface area contributed by atoms with E-state index < -0.39 is 0 Å². The maximum atomic E-state index is 13.3. The number of para-hydroxylation sites is 1. The molecule has 0 radical (unpaired) electrons. The van der Waals surface area contributed by atoms with Crippen LogP contribution in [-0.2, 0) is 24.2 Å². The number of rotatable bonds is 9. The van der Waals surface area contributed by atoms with Gasteiger partial charge in [-0.05, 0) is 48.2 Å². The SMILES string of the molecule is COc1ccc(CC(=O)N(Cc2ccccc2)C(C)Cc2ccccc2OC)cc1. The molecule has 0 fully saturated rings. The van der Waals surface area contributed by atoms with Gasteiger partial charge >= 0.3 is 0 Å². The van der Waals surface area contributed by atoms with Crippen molar-refractivity contribution in [2.24, 2.45) is 0 Å². The van der Waals surface area contributed by atoms with Gasteiger partial charge in [0.2, 0.25) is 5.91 Å². The van der Waals surface area contributed by atoms with Crippen molar-refractivity contribution in [3.8, 4) is 11.5 Å². The van der Waals surface area contributed by atoms with Crippen LogP contribution in [0.2, 0.25) is 0 Å². The normalized spacial score (nSPS) is 11.6. The lowest BCUT2D eigenvalue weighted by Crippen LogP contribution is -2.40. The van der Waals surface area contributed by atoms with Crippen molar-refractivity contribution in [2.75, 3.05) is 14.2 Å². The zero-order chi connectivity index (χ0) is 21.3. The number of carbonyl (C=O) groups is 1. The second-order valence-corrected chi connectivity index (χ2v) is 7.40. The molecule has 3 aromatic rings. The Morgan fingerprint density at radius 2 is 1.50 bits per heavy atom. The van der Waals surface area contributed by atoms with E-state index in [2.05, 4.69) is 25.1 Å². The average molecular weight is 404 g/mol. The van der Waals surface area contributed by atoms with E-state index in [1.165, 1.54) is 0 Å². The van der Waals surface area contributed by atoms with Crippen LogP contribution in [0.25, 0.3) is 0 Å². The summed E-state index contributed by atoms with van der Waals surface area (Å²) in [5, 5.41) is 0. The van der Waals surface area contributed by atoms with Crippen LogP contribution >= 0.6 is 0 Å². The molecule has 0 aliphatic carbocycles. The van der Waals surface area contributed by atoms with E-state index in [1.54, 1.807) is 14.2 Å². The zero-order valence-electron chi connectivity index (χ0n) is 17.9. The number of nitrogens with zero attached hydrogens (tertiary/aromatic N) is 1. The number of hydrogen-bond acceptors (Lipinski definition) is 3. The molecule has 0 saturated heterocycles. The lowest BCUT2D eigenvalue weighted by molar-refractivity contribution is -0.133. The fourth-order valence-corrected chi connectivity index (χ4v) is 3.59. The molecular formula is C26H29NO3. The lowest BCUT2D eigenvalue weighted by atomic mass is 10.0. The Balaban J connectivity index is 1.80. The summed E-state index contributed by atoms with van der Waals surface area (Å²) in [5.41, 5.74) is 3.19. The van der Waals surface area contributed by atoms with E-state index in [1.807, 2.05) is 65.6 Å². The van der Waals surface area contributed by atoms with Crippen LogP contribution in [-0.4, -0.2) is 31.1 Å². The molecule has 4 heteroatoms. The minimum atomic E-state index is 0.0206. The van der Waals surface area contributed by atoms with Gasteiger partial charge in [-0.2, -0.15) is 0 Å². The Bertz CT molecular complexity index is 938. The van der Waals surface area contributed by atoms with E-state index >= 15 is 0 Å². The monoisotopic (exact) mass is 403 g/mol. The smallest absolute Gasteiger partial charge is 0.227 e. The Morgan fingerprint density at radius 1 is 0.833 bits per heavy atom. The molecule has 0 aromatic heterocycles. The van der Waals surface area contributed by atoms with Crippen LogP contribution in [0.15, 0.2) is 78.9 Å². The van der Waals surface area contributed by atoms with Gasteiger partial charge in [-0.1, -0.05) is 60.7 Å². The van der Waals surface area contributed by atoms with Crippen molar-refractivity contribution < 1.29 is 14.3 Å². The third kappa shape index (κ3) is 5.63. The molecule has 0 saturated carbocycles. The maximum Gasteiger partial charge on any atom is 0.227 e. The van der Waals surface area contributed by atoms with Gasteiger partial charge in [0.1, 0.15) is 11.5 Å². The van der Waals surface area contributed by atoms with Crippen molar-refractivity contribution >= 4 is 5.91 Å². The van der Waals surface area contributed by atoms with Crippen molar-refractivity contribution in [1.82, 2.24) is 4.90 Å². The predicted octanol–water partition coefficient (Wildman–Crippen LogP) is 4.91. The zero-order valence-corrected chi connectivity index (χ0v) is 17.9. The molecule has 30 heavy (non-hydrogen) atoms. The highest BCUT2D eigenvalue weighted by Gasteiger charge is 2.22. The Morgan fingerprint density at radius 3 is 2.17 bits per heavy atom. The molecule has 1 unspecified atom stereocenters. The lowest BCUT2D eigenvalue weighted by Gasteiger charge is -2.30. The molecule has 4 nitrogen and oxygen atoms in total. The number of carbonyl (C=O) groups excluding carboxylic acids is 1. The second kappa shape index (κ2) is 10.5. The minimum absolute atomic E-state index is 0.0206. The second-order valence-electron chi connectivity index (χ2n) is 7.40. The topological polar surface area (TPSA) is 38.8 Å². The molecule has 0 spiro atoms. The van der Waals surface area contributed by atoms with Gasteiger partial charge in [0.25, 0.3) is 0 Å². The van der Waals surface area contributed by atoms with E-state index in [4.69, 9.17) is 9.47 Å². The molecule has 0 aliphatic rings. The van der Waals surface area contributed by atoms with Crippen LogP contribution in [0.1, 0.15) is 23.6 Å². The van der Waals surface area contributed by atoms with Gasteiger partial charge in [-0.25, -0.2) is 0 Å². The molecule has 3 rings (SSSR count). The first-order chi connectivity index (χ1) is 14.6. The summed E-state index contributed by atoms with van der Waals surface area (Å²) >= 11 is 0. The van der Waals surface area contributed by atoms with Crippen LogP contribution in [0, 0.1) is 0 Å². The summed E-state index contributed by atoms with van der Waals surface area (Å²) in [6, 6.07) is 25.8. The summed E-state index contributed by atoms with van der Waals surface area (Å²) in [4.78, 5) is 15.3. The molecular weight excluding hydrogens is 374 g/mol. The Kier molecular flexibility index (Phi) is 7.50. The standard InChI is InChI=1S/C26H29NO3/c1-20(17-23-11-7-8-12-25(23)30-3)27(19-22-9-5-4-6-10-22)26(28)18-21-13-15-24(29-2)16-14-21/h4-16,20H,17-19H2,1-3H3. The highest BCUT2D eigenvalue weighted by molar-refractivity contribution is 5.79. The van der Waals surface area contributed by atoms with Crippen molar-refractivity contribution in [2.45, 2.75) is 32.4 Å². The Labute approximate surface area is 179 Å². The molecule has 0 heterocycles. The van der Waals surface area contributed by atoms with Crippen LogP contribution in [0.4, 0.5) is 0 Å². The first kappa shape index (κ1) is 21.4. The minimum Gasteiger partial charge on any atom is -0.497 e. The molecule has 0 N–H and O–H groups in total. The summed E-state index contributed by atoms with van der Waals surface area (Å²) in [6.07, 6.45) is 1.08. The van der Waals surface area contributed by atoms with E-state index in [0.29, 0.717) is 13.0 Å². The van der Waals surface area contributed by atoms with Gasteiger partial charge in [0.05, 0.1) is 20.6 Å². The molecule has 0 aliphatic heterocycles. The fraction of sp³-hybridized carbons (Fsp3) is 0.269. The quantitative estimate of drug-likeness (QED) is 0.510. The molecule has 1 amide bonds. The third-order valence-electron chi connectivity index (χ3n) is 5.27. The highest BCUT2D eigenvalue weighted by atomic mass is 16.5. The summed E-state index contributed by atoms with van der Waals surface area (Å²) in [7, 11) is 3.32. The fourth-order valence-electron chi connectivity index (χ4n) is 3.59. The summed E-state index contributed by atoms with van der Waals surface area (Å²) in [6.45, 7) is 2.67. The number of methoxy groups -OCH3 is 2. The highest BCUT2D eigenvalue weighted by Crippen LogP contribution is 2.22. The number of amides is 1. The van der Waals surface area contributed by atoms with Gasteiger partial charge in [0.15, 0.2) is 0 Å². The van der Waals surface area contributed by atoms with Crippen molar-refractivity contribution in [3.63, 3.8) is 0 Å². The van der Waals surface area contributed by atoms with Crippen LogP contribution in [0.5, 0.6) is 11.5 Å². The maximum absolute atomic E-state index is 13.3. The predicted molar refractivity (Wildman–Crippen MR) is 120 cm³/mol. The molecule has 0 bridgehead atoms. The van der Waals surface area contributed by atoms with Gasteiger partial charge in [-0.15, -0.1) is 0 Å². The van der Waals surface area contributed by atoms with Crippen molar-refractivity contribution in [1.29, 1.82) is 0 Å². The van der Waals surface area contributed by atoms with E-state index in [9.17, 15) is 4.79 Å². The van der Waals surface area contributed by atoms with Crippen LogP contribution in [0.3, 0.4) is 0 Å². The van der Waals surface area contributed by atoms with Crippen LogP contribution < -0.4 is 9.47 Å². The van der Waals surface area contributed by atoms with Crippen molar-refractivity contribution in [3.05, 3.63) is 95.6 Å². The molecule has 156 valence electrons. The number of benzene rings is 3. The third-order valence-corrected chi connectivity index (χ3v) is 5.27.